The maximum atomic E-state index is 13.6. The Balaban J connectivity index is 1.95. The number of benzene rings is 2. The van der Waals surface area contributed by atoms with E-state index < -0.39 is 53.5 Å². The molecule has 1 N–H and O–H groups in total. The summed E-state index contributed by atoms with van der Waals surface area (Å²) in [5.74, 6) is -0.476. The van der Waals surface area contributed by atoms with Gasteiger partial charge in [0, 0.05) is 13.6 Å². The van der Waals surface area contributed by atoms with Crippen molar-refractivity contribution >= 4 is 6.03 Å². The van der Waals surface area contributed by atoms with Gasteiger partial charge in [0.05, 0.1) is 29.3 Å². The van der Waals surface area contributed by atoms with Gasteiger partial charge in [-0.15, -0.1) is 0 Å². The van der Waals surface area contributed by atoms with E-state index >= 15 is 0 Å². The smallest absolute Gasteiger partial charge is 0.393 e. The van der Waals surface area contributed by atoms with Gasteiger partial charge in [-0.3, -0.25) is 0 Å². The van der Waals surface area contributed by atoms with E-state index in [1.807, 2.05) is 0 Å². The van der Waals surface area contributed by atoms with E-state index in [4.69, 9.17) is 0 Å². The lowest BCUT2D eigenvalue weighted by Gasteiger charge is -2.42. The highest BCUT2D eigenvalue weighted by atomic mass is 19.4. The normalized spacial score (nSPS) is 20.0. The number of amides is 2. The number of likely N-dealkylation sites (tertiary alicyclic amines) is 1. The molecule has 3 atom stereocenters. The van der Waals surface area contributed by atoms with Crippen LogP contribution in [0.25, 0.3) is 0 Å². The predicted octanol–water partition coefficient (Wildman–Crippen LogP) is 6.48. The molecule has 1 aliphatic heterocycles. The van der Waals surface area contributed by atoms with Crippen molar-refractivity contribution in [2.75, 3.05) is 13.6 Å². The second-order valence-corrected chi connectivity index (χ2v) is 8.80. The summed E-state index contributed by atoms with van der Waals surface area (Å²) in [5.41, 5.74) is -2.11. The Bertz CT molecular complexity index is 1050. The van der Waals surface area contributed by atoms with Crippen LogP contribution in [0.5, 0.6) is 0 Å². The van der Waals surface area contributed by atoms with Gasteiger partial charge in [-0.2, -0.15) is 26.3 Å². The summed E-state index contributed by atoms with van der Waals surface area (Å²) in [4.78, 5) is 15.9. The molecule has 11 heteroatoms. The van der Waals surface area contributed by atoms with Crippen molar-refractivity contribution in [2.45, 2.75) is 57.2 Å². The molecule has 0 radical (unpaired) electrons. The number of aliphatic hydroxyl groups is 1. The van der Waals surface area contributed by atoms with Crippen LogP contribution in [-0.4, -0.2) is 40.6 Å². The molecule has 0 aromatic heterocycles. The Morgan fingerprint density at radius 2 is 1.63 bits per heavy atom. The summed E-state index contributed by atoms with van der Waals surface area (Å²) in [6.07, 6.45) is -10.3. The largest absolute Gasteiger partial charge is 0.416 e. The minimum atomic E-state index is -5.01. The van der Waals surface area contributed by atoms with E-state index in [0.717, 1.165) is 4.90 Å². The Morgan fingerprint density at radius 3 is 2.14 bits per heavy atom. The van der Waals surface area contributed by atoms with Gasteiger partial charge in [-0.25, -0.2) is 9.18 Å². The Labute approximate surface area is 197 Å². The second-order valence-electron chi connectivity index (χ2n) is 8.80. The minimum Gasteiger partial charge on any atom is -0.393 e. The van der Waals surface area contributed by atoms with Crippen molar-refractivity contribution in [1.29, 1.82) is 0 Å². The van der Waals surface area contributed by atoms with Crippen LogP contribution >= 0.6 is 0 Å². The number of halogens is 7. The van der Waals surface area contributed by atoms with Crippen LogP contribution in [0.4, 0.5) is 35.5 Å². The number of nitrogens with zero attached hydrogens (tertiary/aromatic N) is 2. The zero-order valence-corrected chi connectivity index (χ0v) is 19.2. The van der Waals surface area contributed by atoms with E-state index in [1.54, 1.807) is 6.92 Å². The number of urea groups is 1. The van der Waals surface area contributed by atoms with E-state index in [0.29, 0.717) is 23.3 Å². The van der Waals surface area contributed by atoms with Crippen molar-refractivity contribution in [3.8, 4) is 0 Å². The zero-order valence-electron chi connectivity index (χ0n) is 19.2. The van der Waals surface area contributed by atoms with Crippen LogP contribution in [0, 0.1) is 12.7 Å². The number of piperidine rings is 1. The number of carbonyl (C=O) groups is 1. The molecular weight excluding hydrogens is 481 g/mol. The van der Waals surface area contributed by atoms with Gasteiger partial charge in [0.2, 0.25) is 0 Å². The molecule has 1 fully saturated rings. The fourth-order valence-electron chi connectivity index (χ4n) is 4.30. The molecule has 1 heterocycles. The van der Waals surface area contributed by atoms with Crippen LogP contribution in [0.1, 0.15) is 59.7 Å². The number of aliphatic hydroxyl groups excluding tert-OH is 1. The molecule has 1 aliphatic rings. The lowest BCUT2D eigenvalue weighted by Crippen LogP contribution is -2.48. The van der Waals surface area contributed by atoms with Crippen LogP contribution < -0.4 is 0 Å². The molecule has 4 nitrogen and oxygen atoms in total. The van der Waals surface area contributed by atoms with Crippen LogP contribution in [0.2, 0.25) is 0 Å². The molecule has 0 saturated carbocycles. The van der Waals surface area contributed by atoms with Crippen molar-refractivity contribution in [2.24, 2.45) is 0 Å². The quantitative estimate of drug-likeness (QED) is 0.484. The third-order valence-corrected chi connectivity index (χ3v) is 6.39. The first kappa shape index (κ1) is 26.8. The first-order chi connectivity index (χ1) is 16.1. The van der Waals surface area contributed by atoms with E-state index in [-0.39, 0.29) is 31.0 Å². The van der Waals surface area contributed by atoms with Gasteiger partial charge >= 0.3 is 18.4 Å². The summed E-state index contributed by atoms with van der Waals surface area (Å²) in [6, 6.07) is 2.84. The number of carbonyl (C=O) groups excluding carboxylic acids is 1. The topological polar surface area (TPSA) is 43.8 Å². The number of aryl methyl sites for hydroxylation is 1. The average Bonchev–Trinajstić information content (AvgIpc) is 2.76. The highest BCUT2D eigenvalue weighted by molar-refractivity contribution is 5.75. The SMILES string of the molecule is Cc1cc(F)ccc1[C@H]1C[C@@H](O)CCN1C(=O)N(C)[C@@H](C)c1cc(C(F)(F)F)cc(C(F)(F)F)c1. The third-order valence-electron chi connectivity index (χ3n) is 6.39. The molecule has 35 heavy (non-hydrogen) atoms. The molecular formula is C24H25F7N2O2. The number of rotatable bonds is 3. The van der Waals surface area contributed by atoms with Gasteiger partial charge < -0.3 is 14.9 Å². The minimum absolute atomic E-state index is 0.0391. The fourth-order valence-corrected chi connectivity index (χ4v) is 4.30. The third kappa shape index (κ3) is 5.88. The van der Waals surface area contributed by atoms with Crippen molar-refractivity contribution in [1.82, 2.24) is 9.80 Å². The van der Waals surface area contributed by atoms with Crippen LogP contribution in [-0.2, 0) is 12.4 Å². The Hall–Kier alpha value is -2.82. The molecule has 192 valence electrons. The van der Waals surface area contributed by atoms with Gasteiger partial charge in [0.25, 0.3) is 0 Å². The highest BCUT2D eigenvalue weighted by Gasteiger charge is 2.39. The molecule has 2 aromatic carbocycles. The molecule has 1 saturated heterocycles. The van der Waals surface area contributed by atoms with Gasteiger partial charge in [0.15, 0.2) is 0 Å². The number of hydrogen-bond donors (Lipinski definition) is 1. The molecule has 3 rings (SSSR count). The summed E-state index contributed by atoms with van der Waals surface area (Å²) in [5, 5.41) is 10.2. The molecule has 2 amide bonds. The predicted molar refractivity (Wildman–Crippen MR) is 114 cm³/mol. The average molecular weight is 506 g/mol. The fraction of sp³-hybridized carbons (Fsp3) is 0.458. The lowest BCUT2D eigenvalue weighted by molar-refractivity contribution is -0.143. The first-order valence-corrected chi connectivity index (χ1v) is 10.9. The monoisotopic (exact) mass is 506 g/mol. The van der Waals surface area contributed by atoms with Crippen molar-refractivity contribution in [3.63, 3.8) is 0 Å². The lowest BCUT2D eigenvalue weighted by atomic mass is 9.91. The molecule has 0 aliphatic carbocycles. The molecule has 0 bridgehead atoms. The maximum Gasteiger partial charge on any atom is 0.416 e. The Morgan fingerprint density at radius 1 is 1.06 bits per heavy atom. The Kier molecular flexibility index (Phi) is 7.40. The maximum absolute atomic E-state index is 13.6. The van der Waals surface area contributed by atoms with Gasteiger partial charge in [-0.1, -0.05) is 6.07 Å². The van der Waals surface area contributed by atoms with E-state index in [9.17, 15) is 40.6 Å². The molecule has 0 spiro atoms. The summed E-state index contributed by atoms with van der Waals surface area (Å²) >= 11 is 0. The molecule has 2 aromatic rings. The highest BCUT2D eigenvalue weighted by Crippen LogP contribution is 2.39. The van der Waals surface area contributed by atoms with E-state index in [2.05, 4.69) is 0 Å². The van der Waals surface area contributed by atoms with E-state index in [1.165, 1.54) is 37.1 Å². The number of alkyl halides is 6. The van der Waals surface area contributed by atoms with Gasteiger partial charge in [-0.05, 0) is 73.7 Å². The van der Waals surface area contributed by atoms with Crippen molar-refractivity contribution < 1.29 is 40.6 Å². The molecule has 0 unspecified atom stereocenters. The zero-order chi connectivity index (χ0) is 26.3. The standard InChI is InChI=1S/C24H25F7N2O2/c1-13-8-18(25)4-5-20(13)21-12-19(34)6-7-33(21)22(35)32(3)14(2)15-9-16(23(26,27)28)11-17(10-15)24(29,30)31/h4-5,8-11,14,19,21,34H,6-7,12H2,1-3H3/t14-,19-,21+/m0/s1. The van der Waals surface area contributed by atoms with Gasteiger partial charge in [0.1, 0.15) is 5.82 Å². The summed E-state index contributed by atoms with van der Waals surface area (Å²) < 4.78 is 93.3. The van der Waals surface area contributed by atoms with Crippen LogP contribution in [0.15, 0.2) is 36.4 Å². The summed E-state index contributed by atoms with van der Waals surface area (Å²) in [7, 11) is 1.29. The summed E-state index contributed by atoms with van der Waals surface area (Å²) in [6.45, 7) is 3.09. The first-order valence-electron chi connectivity index (χ1n) is 10.9. The van der Waals surface area contributed by atoms with Crippen molar-refractivity contribution in [3.05, 3.63) is 70.0 Å². The van der Waals surface area contributed by atoms with Crippen LogP contribution in [0.3, 0.4) is 0 Å². The number of hydrogen-bond acceptors (Lipinski definition) is 2. The second kappa shape index (κ2) is 9.67.